The summed E-state index contributed by atoms with van der Waals surface area (Å²) in [5.74, 6) is 1.07. The van der Waals surface area contributed by atoms with Crippen LogP contribution in [0.5, 0.6) is 0 Å². The Hall–Kier alpha value is -1.43. The minimum absolute atomic E-state index is 0.162. The number of nitrogens with two attached hydrogens (primary N) is 1. The number of carbonyl (C=O) groups excluding carboxylic acids is 1. The Labute approximate surface area is 169 Å². The van der Waals surface area contributed by atoms with Crippen molar-refractivity contribution in [3.05, 3.63) is 35.4 Å². The van der Waals surface area contributed by atoms with E-state index in [2.05, 4.69) is 34.5 Å². The summed E-state index contributed by atoms with van der Waals surface area (Å²) in [7, 11) is 3.89. The fraction of sp³-hybridized carbons (Fsp3) is 0.696. The fourth-order valence-corrected chi connectivity index (χ4v) is 5.94. The molecule has 3 fully saturated rings. The van der Waals surface area contributed by atoms with Gasteiger partial charge in [0.2, 0.25) is 5.91 Å². The predicted octanol–water partition coefficient (Wildman–Crippen LogP) is 2.97. The Balaban J connectivity index is 1.79. The SMILES string of the molecule is CN1C(=O)C(c2cccc(C3CCCCC3)c2)(C2CCCNCC2)N(C)C1N. The zero-order chi connectivity index (χ0) is 19.7. The number of nitrogens with zero attached hydrogens (tertiary/aromatic N) is 2. The van der Waals surface area contributed by atoms with Gasteiger partial charge in [-0.25, -0.2) is 0 Å². The lowest BCUT2D eigenvalue weighted by atomic mass is 9.72. The van der Waals surface area contributed by atoms with Gasteiger partial charge in [-0.05, 0) is 75.2 Å². The first kappa shape index (κ1) is 19.9. The normalized spacial score (nSPS) is 33.2. The van der Waals surface area contributed by atoms with E-state index >= 15 is 0 Å². The fourth-order valence-electron chi connectivity index (χ4n) is 5.94. The van der Waals surface area contributed by atoms with Crippen molar-refractivity contribution >= 4 is 5.91 Å². The van der Waals surface area contributed by atoms with Gasteiger partial charge in [-0.15, -0.1) is 0 Å². The molecule has 1 aromatic carbocycles. The highest BCUT2D eigenvalue weighted by Gasteiger charge is 2.58. The molecule has 4 rings (SSSR count). The van der Waals surface area contributed by atoms with Crippen LogP contribution in [0.4, 0.5) is 0 Å². The Morgan fingerprint density at radius 2 is 1.82 bits per heavy atom. The van der Waals surface area contributed by atoms with Crippen molar-refractivity contribution in [3.63, 3.8) is 0 Å². The van der Waals surface area contributed by atoms with Crippen molar-refractivity contribution in [2.24, 2.45) is 11.7 Å². The maximum atomic E-state index is 13.7. The molecule has 2 saturated heterocycles. The van der Waals surface area contributed by atoms with E-state index in [1.165, 1.54) is 37.7 Å². The van der Waals surface area contributed by atoms with E-state index in [1.54, 1.807) is 4.90 Å². The number of nitrogens with one attached hydrogen (secondary N) is 1. The first-order valence-corrected chi connectivity index (χ1v) is 11.1. The number of benzene rings is 1. The van der Waals surface area contributed by atoms with Gasteiger partial charge in [0.25, 0.3) is 0 Å². The Bertz CT molecular complexity index is 694. The van der Waals surface area contributed by atoms with Gasteiger partial charge in [-0.1, -0.05) is 43.5 Å². The van der Waals surface area contributed by atoms with Gasteiger partial charge in [0.15, 0.2) is 0 Å². The van der Waals surface area contributed by atoms with E-state index in [9.17, 15) is 4.79 Å². The first-order valence-electron chi connectivity index (χ1n) is 11.1. The van der Waals surface area contributed by atoms with E-state index in [-0.39, 0.29) is 18.1 Å². The molecule has 2 heterocycles. The highest BCUT2D eigenvalue weighted by Crippen LogP contribution is 2.47. The summed E-state index contributed by atoms with van der Waals surface area (Å²) in [5.41, 5.74) is 8.38. The van der Waals surface area contributed by atoms with Crippen LogP contribution in [-0.4, -0.2) is 49.2 Å². The molecule has 1 aliphatic carbocycles. The monoisotopic (exact) mass is 384 g/mol. The van der Waals surface area contributed by atoms with Crippen molar-refractivity contribution in [3.8, 4) is 0 Å². The Morgan fingerprint density at radius 3 is 2.54 bits per heavy atom. The van der Waals surface area contributed by atoms with Gasteiger partial charge in [-0.3, -0.25) is 15.4 Å². The quantitative estimate of drug-likeness (QED) is 0.841. The van der Waals surface area contributed by atoms with Crippen molar-refractivity contribution in [2.75, 3.05) is 27.2 Å². The molecule has 3 unspecified atom stereocenters. The second-order valence-electron chi connectivity index (χ2n) is 9.05. The molecule has 3 aliphatic rings. The number of rotatable bonds is 3. The van der Waals surface area contributed by atoms with Crippen molar-refractivity contribution in [1.82, 2.24) is 15.1 Å². The van der Waals surface area contributed by atoms with Crippen LogP contribution in [0.15, 0.2) is 24.3 Å². The van der Waals surface area contributed by atoms with Crippen LogP contribution in [0.1, 0.15) is 68.4 Å². The van der Waals surface area contributed by atoms with Crippen LogP contribution in [0, 0.1) is 5.92 Å². The van der Waals surface area contributed by atoms with Gasteiger partial charge in [-0.2, -0.15) is 0 Å². The molecule has 0 spiro atoms. The first-order chi connectivity index (χ1) is 13.6. The molecule has 0 radical (unpaired) electrons. The van der Waals surface area contributed by atoms with Gasteiger partial charge >= 0.3 is 0 Å². The largest absolute Gasteiger partial charge is 0.317 e. The summed E-state index contributed by atoms with van der Waals surface area (Å²) in [6.45, 7) is 2.00. The Morgan fingerprint density at radius 1 is 1.04 bits per heavy atom. The van der Waals surface area contributed by atoms with Crippen LogP contribution in [-0.2, 0) is 10.3 Å². The van der Waals surface area contributed by atoms with E-state index in [0.29, 0.717) is 5.92 Å². The summed E-state index contributed by atoms with van der Waals surface area (Å²) in [5, 5.41) is 3.51. The lowest BCUT2D eigenvalue weighted by molar-refractivity contribution is -0.136. The van der Waals surface area contributed by atoms with Crippen molar-refractivity contribution in [1.29, 1.82) is 0 Å². The summed E-state index contributed by atoms with van der Waals surface area (Å²) in [4.78, 5) is 17.6. The molecule has 5 heteroatoms. The van der Waals surface area contributed by atoms with E-state index in [4.69, 9.17) is 5.73 Å². The van der Waals surface area contributed by atoms with Crippen molar-refractivity contribution in [2.45, 2.75) is 69.1 Å². The zero-order valence-corrected chi connectivity index (χ0v) is 17.5. The lowest BCUT2D eigenvalue weighted by Crippen LogP contribution is -2.53. The molecule has 154 valence electrons. The molecule has 1 amide bonds. The van der Waals surface area contributed by atoms with Crippen LogP contribution in [0.25, 0.3) is 0 Å². The van der Waals surface area contributed by atoms with Gasteiger partial charge in [0, 0.05) is 7.05 Å². The number of hydrogen-bond donors (Lipinski definition) is 2. The number of hydrogen-bond acceptors (Lipinski definition) is 4. The molecule has 28 heavy (non-hydrogen) atoms. The van der Waals surface area contributed by atoms with Gasteiger partial charge in [0.1, 0.15) is 11.8 Å². The zero-order valence-electron chi connectivity index (χ0n) is 17.5. The number of carbonyl (C=O) groups is 1. The average Bonchev–Trinajstić information content (AvgIpc) is 2.95. The molecule has 1 aromatic rings. The predicted molar refractivity (Wildman–Crippen MR) is 113 cm³/mol. The second-order valence-corrected chi connectivity index (χ2v) is 9.05. The molecule has 5 nitrogen and oxygen atoms in total. The maximum Gasteiger partial charge on any atom is 0.250 e. The highest BCUT2D eigenvalue weighted by molar-refractivity contribution is 5.90. The van der Waals surface area contributed by atoms with Crippen LogP contribution in [0.3, 0.4) is 0 Å². The van der Waals surface area contributed by atoms with E-state index in [0.717, 1.165) is 37.9 Å². The van der Waals surface area contributed by atoms with Crippen LogP contribution >= 0.6 is 0 Å². The highest BCUT2D eigenvalue weighted by atomic mass is 16.2. The maximum absolute atomic E-state index is 13.7. The Kier molecular flexibility index (Phi) is 5.77. The molecule has 2 aliphatic heterocycles. The van der Waals surface area contributed by atoms with Crippen LogP contribution < -0.4 is 11.1 Å². The third-order valence-electron chi connectivity index (χ3n) is 7.57. The van der Waals surface area contributed by atoms with Gasteiger partial charge in [0.05, 0.1) is 0 Å². The molecule has 0 aromatic heterocycles. The molecule has 3 atom stereocenters. The topological polar surface area (TPSA) is 61.6 Å². The smallest absolute Gasteiger partial charge is 0.250 e. The van der Waals surface area contributed by atoms with E-state index < -0.39 is 5.54 Å². The van der Waals surface area contributed by atoms with Gasteiger partial charge < -0.3 is 10.2 Å². The molecule has 0 bridgehead atoms. The van der Waals surface area contributed by atoms with Crippen molar-refractivity contribution < 1.29 is 4.79 Å². The number of likely N-dealkylation sites (N-methyl/N-ethyl adjacent to an activating group) is 2. The minimum Gasteiger partial charge on any atom is -0.317 e. The van der Waals surface area contributed by atoms with Crippen LogP contribution in [0.2, 0.25) is 0 Å². The molecular formula is C23H36N4O. The minimum atomic E-state index is -0.648. The molecule has 1 saturated carbocycles. The standard InChI is InChI=1S/C23H36N4O/c1-26-21(28)23(27(2)22(26)24,19-12-7-14-25-15-13-19)20-11-6-10-18(16-20)17-8-4-3-5-9-17/h6,10-11,16-17,19,22,25H,3-5,7-9,12-15,24H2,1-2H3. The third-order valence-corrected chi connectivity index (χ3v) is 7.57. The third kappa shape index (κ3) is 3.17. The average molecular weight is 385 g/mol. The second kappa shape index (κ2) is 8.13. The summed E-state index contributed by atoms with van der Waals surface area (Å²) < 4.78 is 0. The number of amides is 1. The van der Waals surface area contributed by atoms with E-state index in [1.807, 2.05) is 14.1 Å². The molecular weight excluding hydrogens is 348 g/mol. The summed E-state index contributed by atoms with van der Waals surface area (Å²) in [6, 6.07) is 8.95. The summed E-state index contributed by atoms with van der Waals surface area (Å²) >= 11 is 0. The lowest BCUT2D eigenvalue weighted by Gasteiger charge is -2.41. The summed E-state index contributed by atoms with van der Waals surface area (Å²) in [6.07, 6.45) is 9.33. The molecule has 3 N–H and O–H groups in total.